The molecular weight excluding hydrogens is 384 g/mol. The van der Waals surface area contributed by atoms with Gasteiger partial charge in [-0.15, -0.1) is 0 Å². The average molecular weight is 404 g/mol. The van der Waals surface area contributed by atoms with Gasteiger partial charge in [-0.2, -0.15) is 4.98 Å². The SMILES string of the molecule is C=O.Cc1ccc(-c2noc(C3(N)CC3)n2)cc1NC(=O)c1cnc2ccccn12. The Bertz CT molecular complexity index is 1220. The van der Waals surface area contributed by atoms with Crippen molar-refractivity contribution < 1.29 is 14.1 Å². The van der Waals surface area contributed by atoms with Gasteiger partial charge in [0, 0.05) is 17.4 Å². The van der Waals surface area contributed by atoms with Crippen molar-refractivity contribution in [1.82, 2.24) is 19.5 Å². The molecule has 0 radical (unpaired) electrons. The van der Waals surface area contributed by atoms with Crippen LogP contribution in [0.25, 0.3) is 17.0 Å². The van der Waals surface area contributed by atoms with Gasteiger partial charge in [0.1, 0.15) is 18.1 Å². The van der Waals surface area contributed by atoms with Crippen molar-refractivity contribution in [1.29, 1.82) is 0 Å². The summed E-state index contributed by atoms with van der Waals surface area (Å²) in [5.74, 6) is 0.669. The number of carbonyl (C=O) groups is 2. The van der Waals surface area contributed by atoms with E-state index in [9.17, 15) is 4.79 Å². The van der Waals surface area contributed by atoms with E-state index < -0.39 is 5.54 Å². The predicted molar refractivity (Wildman–Crippen MR) is 110 cm³/mol. The van der Waals surface area contributed by atoms with Crippen LogP contribution in [0.15, 0.2) is 53.3 Å². The van der Waals surface area contributed by atoms with Crippen LogP contribution in [0.3, 0.4) is 0 Å². The minimum Gasteiger partial charge on any atom is -0.337 e. The van der Waals surface area contributed by atoms with Crippen molar-refractivity contribution in [3.8, 4) is 11.4 Å². The Kier molecular flexibility index (Phi) is 4.88. The maximum Gasteiger partial charge on any atom is 0.274 e. The smallest absolute Gasteiger partial charge is 0.274 e. The molecule has 30 heavy (non-hydrogen) atoms. The fraction of sp³-hybridized carbons (Fsp3) is 0.190. The molecule has 0 saturated heterocycles. The maximum atomic E-state index is 12.8. The molecule has 0 atom stereocenters. The van der Waals surface area contributed by atoms with Crippen molar-refractivity contribution in [2.24, 2.45) is 5.73 Å². The zero-order chi connectivity index (χ0) is 21.3. The Morgan fingerprint density at radius 1 is 1.27 bits per heavy atom. The number of imidazole rings is 1. The first-order valence-corrected chi connectivity index (χ1v) is 9.30. The Morgan fingerprint density at radius 2 is 2.07 bits per heavy atom. The van der Waals surface area contributed by atoms with Crippen LogP contribution in [0.2, 0.25) is 0 Å². The predicted octanol–water partition coefficient (Wildman–Crippen LogP) is 2.71. The fourth-order valence-corrected chi connectivity index (χ4v) is 3.07. The van der Waals surface area contributed by atoms with Gasteiger partial charge in [-0.25, -0.2) is 4.98 Å². The molecule has 3 N–H and O–H groups in total. The normalized spacial score (nSPS) is 14.1. The van der Waals surface area contributed by atoms with Gasteiger partial charge in [0.05, 0.1) is 11.7 Å². The number of fused-ring (bicyclic) bond motifs is 1. The molecule has 4 aromatic rings. The summed E-state index contributed by atoms with van der Waals surface area (Å²) in [4.78, 5) is 29.5. The summed E-state index contributed by atoms with van der Waals surface area (Å²) >= 11 is 0. The number of benzene rings is 1. The highest BCUT2D eigenvalue weighted by molar-refractivity contribution is 6.04. The zero-order valence-corrected chi connectivity index (χ0v) is 16.3. The molecule has 1 amide bonds. The first-order valence-electron chi connectivity index (χ1n) is 9.30. The lowest BCUT2D eigenvalue weighted by atomic mass is 10.1. The first-order chi connectivity index (χ1) is 14.5. The third-order valence-corrected chi connectivity index (χ3v) is 5.03. The molecule has 0 bridgehead atoms. The summed E-state index contributed by atoms with van der Waals surface area (Å²) in [6.07, 6.45) is 5.07. The van der Waals surface area contributed by atoms with Crippen LogP contribution in [0.1, 0.15) is 34.8 Å². The number of carbonyl (C=O) groups excluding carboxylic acids is 2. The topological polar surface area (TPSA) is 128 Å². The summed E-state index contributed by atoms with van der Waals surface area (Å²) in [7, 11) is 0. The molecule has 0 aliphatic heterocycles. The first kappa shape index (κ1) is 19.5. The highest BCUT2D eigenvalue weighted by Gasteiger charge is 2.45. The van der Waals surface area contributed by atoms with E-state index in [0.717, 1.165) is 24.0 Å². The minimum atomic E-state index is -0.476. The molecule has 152 valence electrons. The second-order valence-corrected chi connectivity index (χ2v) is 7.14. The molecule has 0 spiro atoms. The summed E-state index contributed by atoms with van der Waals surface area (Å²) in [5.41, 5.74) is 9.16. The van der Waals surface area contributed by atoms with Gasteiger partial charge in [-0.1, -0.05) is 23.4 Å². The molecule has 3 heterocycles. The second-order valence-electron chi connectivity index (χ2n) is 7.14. The fourth-order valence-electron chi connectivity index (χ4n) is 3.07. The monoisotopic (exact) mass is 404 g/mol. The van der Waals surface area contributed by atoms with E-state index in [0.29, 0.717) is 28.7 Å². The van der Waals surface area contributed by atoms with Crippen molar-refractivity contribution >= 4 is 24.0 Å². The van der Waals surface area contributed by atoms with E-state index >= 15 is 0 Å². The number of nitrogens with two attached hydrogens (primary N) is 1. The summed E-state index contributed by atoms with van der Waals surface area (Å²) < 4.78 is 7.07. The highest BCUT2D eigenvalue weighted by Crippen LogP contribution is 2.42. The standard InChI is InChI=1S/C20H18N6O2.CH2O/c1-12-5-6-13(17-24-19(28-25-17)20(21)7-8-20)10-14(12)23-18(27)15-11-22-16-4-2-3-9-26(15)16;1-2/h2-6,9-11H,7-8,21H2,1H3,(H,23,27);1H2. The van der Waals surface area contributed by atoms with Gasteiger partial charge >= 0.3 is 0 Å². The van der Waals surface area contributed by atoms with Crippen molar-refractivity contribution in [2.75, 3.05) is 5.32 Å². The highest BCUT2D eigenvalue weighted by atomic mass is 16.5. The molecule has 9 heteroatoms. The van der Waals surface area contributed by atoms with Crippen LogP contribution in [-0.2, 0) is 10.3 Å². The lowest BCUT2D eigenvalue weighted by molar-refractivity contribution is -0.0980. The lowest BCUT2D eigenvalue weighted by Crippen LogP contribution is -2.18. The lowest BCUT2D eigenvalue weighted by Gasteiger charge is -2.09. The van der Waals surface area contributed by atoms with Gasteiger partial charge in [0.25, 0.3) is 5.91 Å². The number of pyridine rings is 1. The van der Waals surface area contributed by atoms with Crippen LogP contribution >= 0.6 is 0 Å². The van der Waals surface area contributed by atoms with Crippen LogP contribution in [0.5, 0.6) is 0 Å². The van der Waals surface area contributed by atoms with E-state index in [1.807, 2.05) is 56.3 Å². The van der Waals surface area contributed by atoms with Crippen LogP contribution in [0.4, 0.5) is 5.69 Å². The minimum absolute atomic E-state index is 0.244. The van der Waals surface area contributed by atoms with Crippen LogP contribution in [-0.4, -0.2) is 32.2 Å². The summed E-state index contributed by atoms with van der Waals surface area (Å²) in [5, 5.41) is 6.99. The van der Waals surface area contributed by atoms with Crippen LogP contribution in [0, 0.1) is 6.92 Å². The molecule has 1 aliphatic rings. The molecule has 3 aromatic heterocycles. The van der Waals surface area contributed by atoms with E-state index in [1.54, 1.807) is 10.6 Å². The molecule has 0 unspecified atom stereocenters. The zero-order valence-electron chi connectivity index (χ0n) is 16.3. The Labute approximate surface area is 171 Å². The number of hydrogen-bond acceptors (Lipinski definition) is 7. The van der Waals surface area contributed by atoms with Crippen molar-refractivity contribution in [3.63, 3.8) is 0 Å². The average Bonchev–Trinajstić information content (AvgIpc) is 3.19. The third kappa shape index (κ3) is 3.46. The molecule has 1 aromatic carbocycles. The molecular formula is C21H20N6O3. The van der Waals surface area contributed by atoms with E-state index in [1.165, 1.54) is 0 Å². The second kappa shape index (κ2) is 7.53. The van der Waals surface area contributed by atoms with E-state index in [4.69, 9.17) is 15.1 Å². The third-order valence-electron chi connectivity index (χ3n) is 5.03. The van der Waals surface area contributed by atoms with E-state index in [-0.39, 0.29) is 5.91 Å². The number of nitrogens with zero attached hydrogens (tertiary/aromatic N) is 4. The summed E-state index contributed by atoms with van der Waals surface area (Å²) in [6, 6.07) is 11.2. The van der Waals surface area contributed by atoms with Crippen LogP contribution < -0.4 is 11.1 Å². The number of amides is 1. The number of anilines is 1. The Hall–Kier alpha value is -3.85. The van der Waals surface area contributed by atoms with Crippen molar-refractivity contribution in [2.45, 2.75) is 25.3 Å². The Balaban J connectivity index is 0.00000106. The number of rotatable bonds is 4. The van der Waals surface area contributed by atoms with Gasteiger partial charge in [-0.05, 0) is 43.5 Å². The molecule has 1 aliphatic carbocycles. The molecule has 1 fully saturated rings. The molecule has 1 saturated carbocycles. The van der Waals surface area contributed by atoms with E-state index in [2.05, 4.69) is 20.4 Å². The number of nitrogens with one attached hydrogen (secondary N) is 1. The van der Waals surface area contributed by atoms with Gasteiger partial charge in [0.2, 0.25) is 11.7 Å². The van der Waals surface area contributed by atoms with Crippen molar-refractivity contribution in [3.05, 3.63) is 65.9 Å². The van der Waals surface area contributed by atoms with Gasteiger partial charge in [-0.3, -0.25) is 9.20 Å². The quantitative estimate of drug-likeness (QED) is 0.535. The number of hydrogen-bond donors (Lipinski definition) is 2. The Morgan fingerprint density at radius 3 is 2.83 bits per heavy atom. The summed E-state index contributed by atoms with van der Waals surface area (Å²) in [6.45, 7) is 3.93. The van der Waals surface area contributed by atoms with Gasteiger partial charge in [0.15, 0.2) is 0 Å². The number of aromatic nitrogens is 4. The maximum absolute atomic E-state index is 12.8. The molecule has 5 rings (SSSR count). The largest absolute Gasteiger partial charge is 0.337 e. The number of aryl methyl sites for hydroxylation is 1. The molecule has 9 nitrogen and oxygen atoms in total. The van der Waals surface area contributed by atoms with Gasteiger partial charge < -0.3 is 20.4 Å².